The molecule has 0 bridgehead atoms. The van der Waals surface area contributed by atoms with E-state index in [4.69, 9.17) is 4.74 Å². The number of nitrogens with zero attached hydrogens (tertiary/aromatic N) is 3. The lowest BCUT2D eigenvalue weighted by molar-refractivity contribution is -0.156. The lowest BCUT2D eigenvalue weighted by atomic mass is 9.74. The lowest BCUT2D eigenvalue weighted by Crippen LogP contribution is -2.59. The van der Waals surface area contributed by atoms with Crippen molar-refractivity contribution in [3.63, 3.8) is 0 Å². The average Bonchev–Trinajstić information content (AvgIpc) is 3.12. The van der Waals surface area contributed by atoms with Crippen LogP contribution in [0.25, 0.3) is 0 Å². The third kappa shape index (κ3) is 3.53. The van der Waals surface area contributed by atoms with Gasteiger partial charge in [0.2, 0.25) is 17.7 Å². The number of aliphatic hydroxyl groups excluding tert-OH is 1. The molecule has 4 heterocycles. The van der Waals surface area contributed by atoms with Crippen LogP contribution in [0.15, 0.2) is 54.6 Å². The molecule has 4 aliphatic heterocycles. The Morgan fingerprint density at radius 2 is 1.69 bits per heavy atom. The SMILES string of the molecule is CC(C)N1CC=C[C@]23O[C@@]4(C)C=CCN(C)C(=O)[C@H]4[C@H]2C(=O)N([C@@H](CO)Cc2ccccc2)C3C1=O. The number of aliphatic hydroxyl groups is 1. The van der Waals surface area contributed by atoms with Crippen molar-refractivity contribution in [2.45, 2.75) is 56.5 Å². The number of hydrogen-bond acceptors (Lipinski definition) is 5. The topological polar surface area (TPSA) is 90.4 Å². The molecule has 0 aliphatic carbocycles. The molecule has 0 saturated carbocycles. The minimum Gasteiger partial charge on any atom is -0.394 e. The molecule has 2 saturated heterocycles. The molecule has 1 unspecified atom stereocenters. The van der Waals surface area contributed by atoms with Gasteiger partial charge in [-0.25, -0.2) is 0 Å². The van der Waals surface area contributed by atoms with E-state index >= 15 is 0 Å². The van der Waals surface area contributed by atoms with Crippen LogP contribution in [-0.4, -0.2) is 93.6 Å². The quantitative estimate of drug-likeness (QED) is 0.627. The highest BCUT2D eigenvalue weighted by molar-refractivity contribution is 6.00. The Labute approximate surface area is 212 Å². The summed E-state index contributed by atoms with van der Waals surface area (Å²) in [4.78, 5) is 47.1. The van der Waals surface area contributed by atoms with Crippen LogP contribution in [0.2, 0.25) is 0 Å². The molecular formula is C28H35N3O5. The third-order valence-corrected chi connectivity index (χ3v) is 8.27. The Balaban J connectivity index is 1.66. The van der Waals surface area contributed by atoms with Gasteiger partial charge >= 0.3 is 0 Å². The lowest BCUT2D eigenvalue weighted by Gasteiger charge is -2.40. The summed E-state index contributed by atoms with van der Waals surface area (Å²) in [6.07, 6.45) is 7.88. The summed E-state index contributed by atoms with van der Waals surface area (Å²) >= 11 is 0. The first kappa shape index (κ1) is 24.7. The van der Waals surface area contributed by atoms with Crippen LogP contribution in [0, 0.1) is 11.8 Å². The van der Waals surface area contributed by atoms with E-state index in [0.717, 1.165) is 5.56 Å². The van der Waals surface area contributed by atoms with Crippen molar-refractivity contribution in [2.24, 2.45) is 11.8 Å². The molecule has 1 aromatic carbocycles. The monoisotopic (exact) mass is 493 g/mol. The van der Waals surface area contributed by atoms with E-state index in [2.05, 4.69) is 0 Å². The van der Waals surface area contributed by atoms with Crippen molar-refractivity contribution in [3.8, 4) is 0 Å². The van der Waals surface area contributed by atoms with Crippen molar-refractivity contribution in [1.82, 2.24) is 14.7 Å². The largest absolute Gasteiger partial charge is 0.394 e. The van der Waals surface area contributed by atoms with Crippen molar-refractivity contribution in [2.75, 3.05) is 26.7 Å². The number of benzene rings is 1. The highest BCUT2D eigenvalue weighted by Crippen LogP contribution is 2.57. The highest BCUT2D eigenvalue weighted by Gasteiger charge is 2.75. The van der Waals surface area contributed by atoms with Gasteiger partial charge in [0.05, 0.1) is 30.1 Å². The van der Waals surface area contributed by atoms with Crippen LogP contribution >= 0.6 is 0 Å². The Hall–Kier alpha value is -2.97. The van der Waals surface area contributed by atoms with Crippen LogP contribution < -0.4 is 0 Å². The molecule has 0 radical (unpaired) electrons. The average molecular weight is 494 g/mol. The zero-order valence-corrected chi connectivity index (χ0v) is 21.3. The predicted octanol–water partition coefficient (Wildman–Crippen LogP) is 1.40. The number of likely N-dealkylation sites (N-methyl/N-ethyl adjacent to an activating group) is 1. The molecule has 0 aromatic heterocycles. The van der Waals surface area contributed by atoms with Crippen LogP contribution in [0.5, 0.6) is 0 Å². The van der Waals surface area contributed by atoms with E-state index in [1.165, 1.54) is 4.90 Å². The summed E-state index contributed by atoms with van der Waals surface area (Å²) in [5, 5.41) is 10.5. The molecular weight excluding hydrogens is 458 g/mol. The molecule has 4 aliphatic rings. The fraction of sp³-hybridized carbons (Fsp3) is 0.536. The predicted molar refractivity (Wildman–Crippen MR) is 134 cm³/mol. The van der Waals surface area contributed by atoms with Crippen molar-refractivity contribution >= 4 is 17.7 Å². The van der Waals surface area contributed by atoms with Gasteiger partial charge in [-0.05, 0) is 32.8 Å². The Kier molecular flexibility index (Phi) is 6.08. The van der Waals surface area contributed by atoms with Gasteiger partial charge in [0.25, 0.3) is 0 Å². The number of hydrogen-bond donors (Lipinski definition) is 1. The van der Waals surface area contributed by atoms with Gasteiger partial charge in [-0.2, -0.15) is 0 Å². The summed E-state index contributed by atoms with van der Waals surface area (Å²) in [6, 6.07) is 7.90. The third-order valence-electron chi connectivity index (χ3n) is 8.27. The van der Waals surface area contributed by atoms with E-state index in [9.17, 15) is 19.5 Å². The Bertz CT molecular complexity index is 1120. The van der Waals surface area contributed by atoms with Gasteiger partial charge in [-0.15, -0.1) is 0 Å². The van der Waals surface area contributed by atoms with Crippen molar-refractivity contribution in [3.05, 3.63) is 60.2 Å². The number of likely N-dealkylation sites (tertiary alicyclic amines) is 1. The maximum atomic E-state index is 14.4. The van der Waals surface area contributed by atoms with Gasteiger partial charge < -0.3 is 24.5 Å². The summed E-state index contributed by atoms with van der Waals surface area (Å²) in [6.45, 7) is 6.23. The number of amides is 3. The highest BCUT2D eigenvalue weighted by atomic mass is 16.5. The molecule has 1 N–H and O–H groups in total. The summed E-state index contributed by atoms with van der Waals surface area (Å²) in [5.74, 6) is -2.36. The van der Waals surface area contributed by atoms with Gasteiger partial charge in [0, 0.05) is 26.2 Å². The Morgan fingerprint density at radius 3 is 2.36 bits per heavy atom. The molecule has 36 heavy (non-hydrogen) atoms. The van der Waals surface area contributed by atoms with E-state index in [1.807, 2.05) is 75.4 Å². The second-order valence-electron chi connectivity index (χ2n) is 10.9. The normalized spacial score (nSPS) is 34.6. The first-order valence-corrected chi connectivity index (χ1v) is 12.7. The van der Waals surface area contributed by atoms with Crippen LogP contribution in [0.1, 0.15) is 26.3 Å². The maximum Gasteiger partial charge on any atom is 0.249 e. The molecule has 1 aromatic rings. The molecule has 8 nitrogen and oxygen atoms in total. The first-order chi connectivity index (χ1) is 17.1. The summed E-state index contributed by atoms with van der Waals surface area (Å²) in [5.41, 5.74) is -1.38. The van der Waals surface area contributed by atoms with Gasteiger partial charge in [-0.1, -0.05) is 54.6 Å². The minimum absolute atomic E-state index is 0.0925. The van der Waals surface area contributed by atoms with Crippen molar-refractivity contribution < 1.29 is 24.2 Å². The number of ether oxygens (including phenoxy) is 1. The zero-order chi connectivity index (χ0) is 25.8. The second-order valence-corrected chi connectivity index (χ2v) is 10.9. The summed E-state index contributed by atoms with van der Waals surface area (Å²) in [7, 11) is 1.72. The summed E-state index contributed by atoms with van der Waals surface area (Å²) < 4.78 is 6.78. The molecule has 8 heteroatoms. The van der Waals surface area contributed by atoms with E-state index in [-0.39, 0.29) is 30.4 Å². The molecule has 2 fully saturated rings. The van der Waals surface area contributed by atoms with E-state index in [1.54, 1.807) is 16.8 Å². The molecule has 5 rings (SSSR count). The first-order valence-electron chi connectivity index (χ1n) is 12.7. The minimum atomic E-state index is -1.31. The van der Waals surface area contributed by atoms with Crippen LogP contribution in [-0.2, 0) is 25.5 Å². The van der Waals surface area contributed by atoms with Crippen LogP contribution in [0.3, 0.4) is 0 Å². The second kappa shape index (κ2) is 8.85. The fourth-order valence-corrected chi connectivity index (χ4v) is 6.60. The maximum absolute atomic E-state index is 14.4. The van der Waals surface area contributed by atoms with E-state index < -0.39 is 35.1 Å². The Morgan fingerprint density at radius 1 is 1.00 bits per heavy atom. The van der Waals surface area contributed by atoms with Crippen molar-refractivity contribution in [1.29, 1.82) is 0 Å². The molecule has 6 atom stereocenters. The van der Waals surface area contributed by atoms with E-state index in [0.29, 0.717) is 19.5 Å². The molecule has 1 spiro atoms. The van der Waals surface area contributed by atoms with Gasteiger partial charge in [-0.3, -0.25) is 14.4 Å². The van der Waals surface area contributed by atoms with Crippen LogP contribution in [0.4, 0.5) is 0 Å². The zero-order valence-electron chi connectivity index (χ0n) is 21.3. The number of carbonyl (C=O) groups excluding carboxylic acids is 3. The number of rotatable bonds is 5. The van der Waals surface area contributed by atoms with Gasteiger partial charge in [0.15, 0.2) is 0 Å². The molecule has 3 amide bonds. The number of fused-ring (bicyclic) bond motifs is 2. The molecule has 192 valence electrons. The fourth-order valence-electron chi connectivity index (χ4n) is 6.60. The number of carbonyl (C=O) groups is 3. The van der Waals surface area contributed by atoms with Gasteiger partial charge in [0.1, 0.15) is 11.6 Å². The standard InChI is InChI=1S/C28H35N3O5/c1-18(2)30-15-9-13-28-22(21-24(33)29(4)14-8-12-27(21,3)36-28)25(34)31(23(28)26(30)35)20(17-32)16-19-10-6-5-7-11-19/h5-13,18,20-23,32H,14-17H2,1-4H3/t20-,21-,22+,23?,27+,28+/m1/s1. The smallest absolute Gasteiger partial charge is 0.249 e.